The fourth-order valence-electron chi connectivity index (χ4n) is 2.19. The number of hydrogen-bond acceptors (Lipinski definition) is 2. The normalized spacial score (nSPS) is 16.7. The molecule has 3 nitrogen and oxygen atoms in total. The molecule has 0 saturated heterocycles. The van der Waals surface area contributed by atoms with E-state index >= 15 is 0 Å². The Bertz CT molecular complexity index is 467. The summed E-state index contributed by atoms with van der Waals surface area (Å²) in [6.07, 6.45) is 2.39. The maximum absolute atomic E-state index is 12.0. The van der Waals surface area contributed by atoms with E-state index in [-0.39, 0.29) is 5.91 Å². The van der Waals surface area contributed by atoms with Crippen molar-refractivity contribution in [1.29, 1.82) is 0 Å². The van der Waals surface area contributed by atoms with Crippen molar-refractivity contribution < 1.29 is 4.79 Å². The predicted molar refractivity (Wildman–Crippen MR) is 74.7 cm³/mol. The molecule has 0 bridgehead atoms. The number of benzene rings is 1. The molecule has 0 aromatic heterocycles. The predicted octanol–water partition coefficient (Wildman–Crippen LogP) is 3.09. The zero-order valence-electron chi connectivity index (χ0n) is 10.8. The Labute approximate surface area is 113 Å². The molecule has 1 aliphatic rings. The molecule has 0 heterocycles. The third kappa shape index (κ3) is 2.61. The van der Waals surface area contributed by atoms with E-state index in [2.05, 4.69) is 19.2 Å². The number of nitrogens with two attached hydrogens (primary N) is 1. The van der Waals surface area contributed by atoms with Crippen molar-refractivity contribution in [3.63, 3.8) is 0 Å². The van der Waals surface area contributed by atoms with E-state index in [0.717, 1.165) is 6.54 Å². The van der Waals surface area contributed by atoms with Gasteiger partial charge in [-0.3, -0.25) is 4.79 Å². The van der Waals surface area contributed by atoms with Crippen LogP contribution in [0.3, 0.4) is 0 Å². The van der Waals surface area contributed by atoms with E-state index in [4.69, 9.17) is 17.3 Å². The highest BCUT2D eigenvalue weighted by Gasteiger charge is 2.45. The van der Waals surface area contributed by atoms with Crippen LogP contribution in [0.5, 0.6) is 0 Å². The largest absolute Gasteiger partial charge is 0.399 e. The van der Waals surface area contributed by atoms with Gasteiger partial charge in [0, 0.05) is 12.2 Å². The zero-order valence-corrected chi connectivity index (χ0v) is 11.6. The van der Waals surface area contributed by atoms with Gasteiger partial charge in [0.15, 0.2) is 0 Å². The molecule has 0 radical (unpaired) electrons. The summed E-state index contributed by atoms with van der Waals surface area (Å²) >= 11 is 6.01. The minimum atomic E-state index is -0.119. The second-order valence-electron chi connectivity index (χ2n) is 5.44. The molecular formula is C14H19ClN2O. The maximum Gasteiger partial charge on any atom is 0.252 e. The summed E-state index contributed by atoms with van der Waals surface area (Å²) in [7, 11) is 0. The van der Waals surface area contributed by atoms with Crippen LogP contribution < -0.4 is 11.1 Å². The molecule has 2 rings (SSSR count). The van der Waals surface area contributed by atoms with Gasteiger partial charge in [0.1, 0.15) is 0 Å². The highest BCUT2D eigenvalue weighted by atomic mass is 35.5. The molecule has 1 aliphatic carbocycles. The van der Waals surface area contributed by atoms with E-state index in [9.17, 15) is 4.79 Å². The van der Waals surface area contributed by atoms with Gasteiger partial charge in [0.2, 0.25) is 0 Å². The highest BCUT2D eigenvalue weighted by Crippen LogP contribution is 2.51. The van der Waals surface area contributed by atoms with Gasteiger partial charge in [-0.15, -0.1) is 0 Å². The highest BCUT2D eigenvalue weighted by molar-refractivity contribution is 6.34. The summed E-state index contributed by atoms with van der Waals surface area (Å²) < 4.78 is 0. The fraction of sp³-hybridized carbons (Fsp3) is 0.500. The molecule has 0 unspecified atom stereocenters. The molecule has 1 saturated carbocycles. The Morgan fingerprint density at radius 1 is 1.50 bits per heavy atom. The number of halogens is 1. The molecule has 0 aliphatic heterocycles. The summed E-state index contributed by atoms with van der Waals surface area (Å²) in [5.41, 5.74) is 6.96. The Morgan fingerprint density at radius 2 is 2.17 bits per heavy atom. The third-order valence-electron chi connectivity index (χ3n) is 3.96. The molecule has 1 amide bonds. The fourth-order valence-corrected chi connectivity index (χ4v) is 2.46. The van der Waals surface area contributed by atoms with Crippen molar-refractivity contribution in [3.05, 3.63) is 28.8 Å². The van der Waals surface area contributed by atoms with Crippen LogP contribution in [0.25, 0.3) is 0 Å². The van der Waals surface area contributed by atoms with Crippen LogP contribution in [0.2, 0.25) is 5.02 Å². The molecule has 18 heavy (non-hydrogen) atoms. The van der Waals surface area contributed by atoms with Gasteiger partial charge in [-0.1, -0.05) is 25.4 Å². The van der Waals surface area contributed by atoms with Gasteiger partial charge in [-0.05, 0) is 42.4 Å². The van der Waals surface area contributed by atoms with Crippen molar-refractivity contribution in [2.45, 2.75) is 26.7 Å². The second-order valence-corrected chi connectivity index (χ2v) is 5.85. The Hall–Kier alpha value is -1.22. The van der Waals surface area contributed by atoms with E-state index in [0.29, 0.717) is 27.6 Å². The van der Waals surface area contributed by atoms with Crippen molar-refractivity contribution in [2.24, 2.45) is 11.3 Å². The number of carbonyl (C=O) groups excluding carboxylic acids is 1. The number of hydrogen-bond donors (Lipinski definition) is 2. The molecule has 3 N–H and O–H groups in total. The van der Waals surface area contributed by atoms with Gasteiger partial charge >= 0.3 is 0 Å². The molecule has 1 fully saturated rings. The molecule has 1 aromatic carbocycles. The number of amides is 1. The van der Waals surface area contributed by atoms with Crippen molar-refractivity contribution in [1.82, 2.24) is 5.32 Å². The Kier molecular flexibility index (Phi) is 3.53. The molecule has 0 atom stereocenters. The van der Waals surface area contributed by atoms with E-state index in [1.807, 2.05) is 0 Å². The van der Waals surface area contributed by atoms with Crippen molar-refractivity contribution in [2.75, 3.05) is 12.3 Å². The average Bonchev–Trinajstić information content (AvgIpc) is 3.07. The van der Waals surface area contributed by atoms with Crippen LogP contribution in [0.4, 0.5) is 5.69 Å². The summed E-state index contributed by atoms with van der Waals surface area (Å²) in [6, 6.07) is 4.96. The van der Waals surface area contributed by atoms with Crippen molar-refractivity contribution >= 4 is 23.2 Å². The molecule has 98 valence electrons. The zero-order chi connectivity index (χ0) is 13.3. The van der Waals surface area contributed by atoms with E-state index in [1.54, 1.807) is 18.2 Å². The van der Waals surface area contributed by atoms with Gasteiger partial charge in [0.25, 0.3) is 5.91 Å². The van der Waals surface area contributed by atoms with Crippen LogP contribution in [0, 0.1) is 11.3 Å². The average molecular weight is 267 g/mol. The molecule has 4 heteroatoms. The van der Waals surface area contributed by atoms with E-state index in [1.165, 1.54) is 12.8 Å². The summed E-state index contributed by atoms with van der Waals surface area (Å²) in [6.45, 7) is 5.13. The van der Waals surface area contributed by atoms with Gasteiger partial charge < -0.3 is 11.1 Å². The molecule has 0 spiro atoms. The molecular weight excluding hydrogens is 248 g/mol. The first kappa shape index (κ1) is 13.2. The van der Waals surface area contributed by atoms with Crippen LogP contribution >= 0.6 is 11.6 Å². The first-order chi connectivity index (χ1) is 8.44. The molecule has 1 aromatic rings. The van der Waals surface area contributed by atoms with Gasteiger partial charge in [-0.2, -0.15) is 0 Å². The maximum atomic E-state index is 12.0. The lowest BCUT2D eigenvalue weighted by Gasteiger charge is -2.20. The number of anilines is 1. The summed E-state index contributed by atoms with van der Waals surface area (Å²) in [5, 5.41) is 3.38. The number of rotatable bonds is 4. The quantitative estimate of drug-likeness (QED) is 0.823. The third-order valence-corrected chi connectivity index (χ3v) is 4.27. The minimum absolute atomic E-state index is 0.119. The summed E-state index contributed by atoms with van der Waals surface area (Å²) in [5.74, 6) is 0.478. The van der Waals surface area contributed by atoms with E-state index < -0.39 is 0 Å². The smallest absolute Gasteiger partial charge is 0.252 e. The van der Waals surface area contributed by atoms with Gasteiger partial charge in [-0.25, -0.2) is 0 Å². The lowest BCUT2D eigenvalue weighted by atomic mass is 9.92. The number of nitrogens with one attached hydrogen (secondary N) is 1. The summed E-state index contributed by atoms with van der Waals surface area (Å²) in [4.78, 5) is 12.0. The topological polar surface area (TPSA) is 55.1 Å². The van der Waals surface area contributed by atoms with Crippen molar-refractivity contribution in [3.8, 4) is 0 Å². The SMILES string of the molecule is CC(C)C1(CNC(=O)c2ccc(N)cc2Cl)CC1. The lowest BCUT2D eigenvalue weighted by molar-refractivity contribution is 0.0940. The minimum Gasteiger partial charge on any atom is -0.399 e. The Balaban J connectivity index is 2.00. The van der Waals surface area contributed by atoms with Crippen LogP contribution in [-0.4, -0.2) is 12.5 Å². The first-order valence-electron chi connectivity index (χ1n) is 6.28. The lowest BCUT2D eigenvalue weighted by Crippen LogP contribution is -2.32. The van der Waals surface area contributed by atoms with Gasteiger partial charge in [0.05, 0.1) is 10.6 Å². The number of carbonyl (C=O) groups is 1. The monoisotopic (exact) mass is 266 g/mol. The first-order valence-corrected chi connectivity index (χ1v) is 6.66. The number of nitrogen functional groups attached to an aromatic ring is 1. The Morgan fingerprint density at radius 3 is 2.67 bits per heavy atom. The second kappa shape index (κ2) is 4.81. The van der Waals surface area contributed by atoms with Crippen LogP contribution in [0.1, 0.15) is 37.0 Å². The standard InChI is InChI=1S/C14H19ClN2O/c1-9(2)14(5-6-14)8-17-13(18)11-4-3-10(16)7-12(11)15/h3-4,7,9H,5-6,8,16H2,1-2H3,(H,17,18). The van der Waals surface area contributed by atoms with Crippen LogP contribution in [0.15, 0.2) is 18.2 Å². The van der Waals surface area contributed by atoms with Crippen LogP contribution in [-0.2, 0) is 0 Å².